The van der Waals surface area contributed by atoms with Crippen LogP contribution in [0.2, 0.25) is 0 Å². The van der Waals surface area contributed by atoms with E-state index in [1.807, 2.05) is 78.9 Å². The number of alkyl carbamates (subject to hydrolysis) is 2. The standard InChI is InChI=1S/C57H80N4O9/c62-52-40-39-51(37-19-5-6-21-41-58-55(65)69-46-26-35-49-30-15-11-16-31-49)54(64)61(44-24-9-7-22-42-59-56(66)70-47-27-36-50-32-17-12-18-33-50)57(67)60(52)43-23-8-3-1-2-4-20-38-53(63)68-45-25-34-48-28-13-10-14-29-48/h10-18,25-28,30-32,34-36,48,50-51H,1-9,19-24,29,33,37-47H2,(H,58,65)(H,59,66). The van der Waals surface area contributed by atoms with Gasteiger partial charge < -0.3 is 24.8 Å². The predicted octanol–water partition coefficient (Wildman–Crippen LogP) is 11.9. The molecular formula is C57H80N4O9. The normalized spacial score (nSPS) is 18.2. The number of amides is 6. The van der Waals surface area contributed by atoms with Gasteiger partial charge >= 0.3 is 24.2 Å². The maximum atomic E-state index is 14.1. The molecule has 0 aromatic heterocycles. The Morgan fingerprint density at radius 2 is 1.11 bits per heavy atom. The molecule has 1 fully saturated rings. The molecule has 1 aromatic rings. The summed E-state index contributed by atoms with van der Waals surface area (Å²) in [5.74, 6) is -0.356. The molecule has 0 bridgehead atoms. The van der Waals surface area contributed by atoms with E-state index in [-0.39, 0.29) is 50.5 Å². The zero-order valence-electron chi connectivity index (χ0n) is 41.6. The number of unbranched alkanes of at least 4 members (excludes halogenated alkanes) is 12. The van der Waals surface area contributed by atoms with Gasteiger partial charge in [0.2, 0.25) is 11.8 Å². The number of carbonyl (C=O) groups excluding carboxylic acids is 6. The molecule has 0 radical (unpaired) electrons. The maximum Gasteiger partial charge on any atom is 0.407 e. The van der Waals surface area contributed by atoms with Gasteiger partial charge in [-0.2, -0.15) is 0 Å². The van der Waals surface area contributed by atoms with Crippen molar-refractivity contribution in [2.45, 2.75) is 135 Å². The van der Waals surface area contributed by atoms with Crippen molar-refractivity contribution in [3.63, 3.8) is 0 Å². The number of urea groups is 1. The fraction of sp³-hybridized carbons (Fsp3) is 0.544. The van der Waals surface area contributed by atoms with Crippen LogP contribution < -0.4 is 10.6 Å². The highest BCUT2D eigenvalue weighted by Gasteiger charge is 2.36. The molecule has 1 saturated heterocycles. The van der Waals surface area contributed by atoms with E-state index in [1.165, 1.54) is 9.80 Å². The highest BCUT2D eigenvalue weighted by Crippen LogP contribution is 2.25. The lowest BCUT2D eigenvalue weighted by Gasteiger charge is -2.33. The number of esters is 1. The molecule has 1 heterocycles. The summed E-state index contributed by atoms with van der Waals surface area (Å²) in [5.41, 5.74) is 1.03. The topological polar surface area (TPSA) is 161 Å². The fourth-order valence-corrected chi connectivity index (χ4v) is 8.50. The first kappa shape index (κ1) is 56.6. The molecule has 1 aliphatic heterocycles. The van der Waals surface area contributed by atoms with E-state index in [0.717, 1.165) is 102 Å². The van der Waals surface area contributed by atoms with Gasteiger partial charge in [-0.25, -0.2) is 14.4 Å². The summed E-state index contributed by atoms with van der Waals surface area (Å²) in [6.07, 6.45) is 42.9. The van der Waals surface area contributed by atoms with Crippen LogP contribution in [0, 0.1) is 17.8 Å². The number of allylic oxidation sites excluding steroid dienone is 10. The molecule has 4 rings (SSSR count). The minimum Gasteiger partial charge on any atom is -0.461 e. The number of nitrogens with zero attached hydrogens (tertiary/aromatic N) is 2. The third-order valence-corrected chi connectivity index (χ3v) is 12.5. The summed E-state index contributed by atoms with van der Waals surface area (Å²) in [6.45, 7) is 2.14. The number of benzene rings is 1. The van der Waals surface area contributed by atoms with E-state index in [0.29, 0.717) is 63.6 Å². The molecular weight excluding hydrogens is 885 g/mol. The molecule has 382 valence electrons. The Hall–Kier alpha value is -5.98. The Kier molecular flexibility index (Phi) is 29.1. The van der Waals surface area contributed by atoms with Gasteiger partial charge in [-0.1, -0.05) is 174 Å². The van der Waals surface area contributed by atoms with Gasteiger partial charge in [0.25, 0.3) is 0 Å². The van der Waals surface area contributed by atoms with Gasteiger partial charge in [-0.05, 0) is 81.3 Å². The van der Waals surface area contributed by atoms with Crippen LogP contribution in [-0.2, 0) is 28.6 Å². The number of carbonyl (C=O) groups is 6. The van der Waals surface area contributed by atoms with E-state index in [1.54, 1.807) is 6.08 Å². The predicted molar refractivity (Wildman–Crippen MR) is 276 cm³/mol. The zero-order chi connectivity index (χ0) is 49.7. The number of imide groups is 2. The highest BCUT2D eigenvalue weighted by molar-refractivity contribution is 6.04. The quantitative estimate of drug-likeness (QED) is 0.0302. The third kappa shape index (κ3) is 25.0. The van der Waals surface area contributed by atoms with Gasteiger partial charge in [0.1, 0.15) is 19.8 Å². The monoisotopic (exact) mass is 965 g/mol. The Balaban J connectivity index is 1.13. The summed E-state index contributed by atoms with van der Waals surface area (Å²) in [6, 6.07) is 9.27. The number of hydrogen-bond acceptors (Lipinski definition) is 9. The van der Waals surface area contributed by atoms with Crippen LogP contribution in [0.3, 0.4) is 0 Å². The summed E-state index contributed by atoms with van der Waals surface area (Å²) in [5, 5.41) is 5.58. The van der Waals surface area contributed by atoms with E-state index in [9.17, 15) is 28.8 Å². The molecule has 3 aliphatic rings. The maximum absolute atomic E-state index is 14.1. The van der Waals surface area contributed by atoms with Gasteiger partial charge in [-0.3, -0.25) is 24.2 Å². The van der Waals surface area contributed by atoms with Crippen molar-refractivity contribution < 1.29 is 43.0 Å². The average molecular weight is 965 g/mol. The molecule has 3 atom stereocenters. The third-order valence-electron chi connectivity index (χ3n) is 12.5. The van der Waals surface area contributed by atoms with Crippen LogP contribution in [0.4, 0.5) is 14.4 Å². The van der Waals surface area contributed by atoms with Crippen molar-refractivity contribution in [2.24, 2.45) is 17.8 Å². The van der Waals surface area contributed by atoms with E-state index in [2.05, 4.69) is 41.0 Å². The van der Waals surface area contributed by atoms with Crippen LogP contribution in [-0.4, -0.2) is 91.8 Å². The molecule has 0 saturated carbocycles. The molecule has 3 unspecified atom stereocenters. The molecule has 2 N–H and O–H groups in total. The molecule has 13 nitrogen and oxygen atoms in total. The number of hydrogen-bond donors (Lipinski definition) is 2. The van der Waals surface area contributed by atoms with Gasteiger partial charge in [-0.15, -0.1) is 0 Å². The molecule has 1 aromatic carbocycles. The van der Waals surface area contributed by atoms with Crippen molar-refractivity contribution in [1.29, 1.82) is 0 Å². The lowest BCUT2D eigenvalue weighted by atomic mass is 9.93. The molecule has 0 spiro atoms. The van der Waals surface area contributed by atoms with Crippen molar-refractivity contribution in [3.8, 4) is 0 Å². The largest absolute Gasteiger partial charge is 0.461 e. The van der Waals surface area contributed by atoms with Crippen LogP contribution in [0.15, 0.2) is 109 Å². The summed E-state index contributed by atoms with van der Waals surface area (Å²) in [4.78, 5) is 80.7. The zero-order valence-corrected chi connectivity index (χ0v) is 41.6. The minimum absolute atomic E-state index is 0.151. The Morgan fingerprint density at radius 3 is 1.71 bits per heavy atom. The van der Waals surface area contributed by atoms with Crippen molar-refractivity contribution in [1.82, 2.24) is 20.4 Å². The van der Waals surface area contributed by atoms with Crippen molar-refractivity contribution in [2.75, 3.05) is 46.0 Å². The molecule has 6 amide bonds. The minimum atomic E-state index is -0.520. The van der Waals surface area contributed by atoms with Crippen molar-refractivity contribution >= 4 is 42.1 Å². The fourth-order valence-electron chi connectivity index (χ4n) is 8.50. The number of ether oxygens (including phenoxy) is 3. The Labute approximate surface area is 417 Å². The highest BCUT2D eigenvalue weighted by atomic mass is 16.6. The van der Waals surface area contributed by atoms with E-state index >= 15 is 0 Å². The first-order chi connectivity index (χ1) is 34.3. The summed E-state index contributed by atoms with van der Waals surface area (Å²) in [7, 11) is 0. The van der Waals surface area contributed by atoms with Crippen molar-refractivity contribution in [3.05, 3.63) is 115 Å². The van der Waals surface area contributed by atoms with Crippen LogP contribution in [0.5, 0.6) is 0 Å². The summed E-state index contributed by atoms with van der Waals surface area (Å²) < 4.78 is 15.8. The smallest absolute Gasteiger partial charge is 0.407 e. The average Bonchev–Trinajstić information content (AvgIpc) is 3.37. The second kappa shape index (κ2) is 36.0. The van der Waals surface area contributed by atoms with Gasteiger partial charge in [0.15, 0.2) is 0 Å². The Bertz CT molecular complexity index is 1940. The van der Waals surface area contributed by atoms with Crippen LogP contribution in [0.25, 0.3) is 6.08 Å². The van der Waals surface area contributed by atoms with Gasteiger partial charge in [0, 0.05) is 44.9 Å². The lowest BCUT2D eigenvalue weighted by Crippen LogP contribution is -2.53. The van der Waals surface area contributed by atoms with E-state index in [4.69, 9.17) is 14.2 Å². The van der Waals surface area contributed by atoms with Gasteiger partial charge in [0.05, 0.1) is 0 Å². The Morgan fingerprint density at radius 1 is 0.586 bits per heavy atom. The lowest BCUT2D eigenvalue weighted by molar-refractivity contribution is -0.142. The second-order valence-corrected chi connectivity index (χ2v) is 18.2. The first-order valence-corrected chi connectivity index (χ1v) is 26.1. The SMILES string of the molecule is O=C(CCCCCCCCCN1C(=O)CCC(CCCCCCNC(=O)OCC=Cc2ccccc2)C(=O)N(CCCCCCNC(=O)OCC=CC2C=CC=CC2)C1=O)OCC=CC1C=CC=CC1. The number of nitrogens with one attached hydrogen (secondary N) is 2. The summed E-state index contributed by atoms with van der Waals surface area (Å²) >= 11 is 0. The van der Waals surface area contributed by atoms with E-state index < -0.39 is 24.1 Å². The van der Waals surface area contributed by atoms with Crippen LogP contribution in [0.1, 0.15) is 140 Å². The number of rotatable bonds is 33. The molecule has 13 heteroatoms. The molecule has 70 heavy (non-hydrogen) atoms. The van der Waals surface area contributed by atoms with Crippen LogP contribution >= 0.6 is 0 Å². The molecule has 2 aliphatic carbocycles. The first-order valence-electron chi connectivity index (χ1n) is 26.1. The second-order valence-electron chi connectivity index (χ2n) is 18.2.